The van der Waals surface area contributed by atoms with Gasteiger partial charge in [-0.3, -0.25) is 4.79 Å². The molecule has 0 aromatic heterocycles. The van der Waals surface area contributed by atoms with Gasteiger partial charge in [0.15, 0.2) is 0 Å². The van der Waals surface area contributed by atoms with Gasteiger partial charge in [0.05, 0.1) is 0 Å². The summed E-state index contributed by atoms with van der Waals surface area (Å²) >= 11 is 0. The van der Waals surface area contributed by atoms with Crippen LogP contribution in [0.2, 0.25) is 0 Å². The quantitative estimate of drug-likeness (QED) is 0.840. The number of urea groups is 1. The zero-order valence-electron chi connectivity index (χ0n) is 14.3. The van der Waals surface area contributed by atoms with Gasteiger partial charge in [0.1, 0.15) is 6.04 Å². The Morgan fingerprint density at radius 3 is 2.00 bits per heavy atom. The van der Waals surface area contributed by atoms with E-state index in [0.717, 1.165) is 38.8 Å². The van der Waals surface area contributed by atoms with Gasteiger partial charge in [0.25, 0.3) is 0 Å². The largest absolute Gasteiger partial charge is 0.480 e. The Labute approximate surface area is 142 Å². The van der Waals surface area contributed by atoms with Crippen molar-refractivity contribution in [2.75, 3.05) is 26.2 Å². The lowest BCUT2D eigenvalue weighted by atomic mass is 9.94. The number of hydrogen-bond donors (Lipinski definition) is 1. The van der Waals surface area contributed by atoms with Crippen LogP contribution in [-0.4, -0.2) is 76.0 Å². The van der Waals surface area contributed by atoms with E-state index in [1.807, 2.05) is 9.80 Å². The number of carboxylic acids is 1. The molecule has 134 valence electrons. The van der Waals surface area contributed by atoms with Crippen LogP contribution in [0.4, 0.5) is 4.79 Å². The van der Waals surface area contributed by atoms with Gasteiger partial charge in [-0.2, -0.15) is 0 Å². The zero-order chi connectivity index (χ0) is 17.3. The standard InChI is InChI=1S/C17H27N3O4/c1-12(16(22)23)20(14-4-5-14)15(21)13-6-10-19(11-7-13)17(24)18-8-2-3-9-18/h12-14H,2-11H2,1H3,(H,22,23). The maximum atomic E-state index is 12.8. The smallest absolute Gasteiger partial charge is 0.326 e. The molecule has 7 heteroatoms. The van der Waals surface area contributed by atoms with Crippen LogP contribution in [0.15, 0.2) is 0 Å². The molecule has 0 bridgehead atoms. The Balaban J connectivity index is 1.56. The first-order valence-electron chi connectivity index (χ1n) is 9.08. The second-order valence-electron chi connectivity index (χ2n) is 7.23. The van der Waals surface area contributed by atoms with Crippen LogP contribution >= 0.6 is 0 Å². The molecule has 2 aliphatic heterocycles. The molecule has 1 atom stereocenters. The van der Waals surface area contributed by atoms with Crippen molar-refractivity contribution < 1.29 is 19.5 Å². The first-order chi connectivity index (χ1) is 11.5. The summed E-state index contributed by atoms with van der Waals surface area (Å²) in [5.74, 6) is -1.15. The summed E-state index contributed by atoms with van der Waals surface area (Å²) in [6.45, 7) is 4.44. The molecule has 3 rings (SSSR count). The number of aliphatic carboxylic acids is 1. The molecule has 0 radical (unpaired) electrons. The van der Waals surface area contributed by atoms with E-state index < -0.39 is 12.0 Å². The first-order valence-corrected chi connectivity index (χ1v) is 9.08. The fourth-order valence-corrected chi connectivity index (χ4v) is 3.80. The monoisotopic (exact) mass is 337 g/mol. The lowest BCUT2D eigenvalue weighted by Gasteiger charge is -2.37. The highest BCUT2D eigenvalue weighted by Gasteiger charge is 2.42. The number of nitrogens with zero attached hydrogens (tertiary/aromatic N) is 3. The third-order valence-corrected chi connectivity index (χ3v) is 5.46. The molecule has 1 N–H and O–H groups in total. The fraction of sp³-hybridized carbons (Fsp3) is 0.824. The van der Waals surface area contributed by atoms with Gasteiger partial charge in [0.2, 0.25) is 5.91 Å². The van der Waals surface area contributed by atoms with Crippen molar-refractivity contribution in [3.63, 3.8) is 0 Å². The molecule has 0 aromatic carbocycles. The minimum atomic E-state index is -0.947. The van der Waals surface area contributed by atoms with E-state index in [-0.39, 0.29) is 23.9 Å². The second kappa shape index (κ2) is 6.99. The van der Waals surface area contributed by atoms with Gasteiger partial charge in [-0.1, -0.05) is 0 Å². The Hall–Kier alpha value is -1.79. The molecule has 1 saturated carbocycles. The normalized spacial score (nSPS) is 23.2. The Morgan fingerprint density at radius 1 is 0.958 bits per heavy atom. The van der Waals surface area contributed by atoms with Crippen molar-refractivity contribution >= 4 is 17.9 Å². The molecule has 24 heavy (non-hydrogen) atoms. The molecule has 3 fully saturated rings. The van der Waals surface area contributed by atoms with Gasteiger partial charge < -0.3 is 19.8 Å². The molecule has 0 spiro atoms. The molecule has 0 aromatic rings. The summed E-state index contributed by atoms with van der Waals surface area (Å²) in [5, 5.41) is 9.26. The highest BCUT2D eigenvalue weighted by Crippen LogP contribution is 2.32. The van der Waals surface area contributed by atoms with Crippen LogP contribution in [0.25, 0.3) is 0 Å². The van der Waals surface area contributed by atoms with Gasteiger partial charge >= 0.3 is 12.0 Å². The summed E-state index contributed by atoms with van der Waals surface area (Å²) in [5.41, 5.74) is 0. The zero-order valence-corrected chi connectivity index (χ0v) is 14.3. The van der Waals surface area contributed by atoms with Crippen molar-refractivity contribution in [3.8, 4) is 0 Å². The summed E-state index contributed by atoms with van der Waals surface area (Å²) in [6.07, 6.45) is 5.21. The molecule has 2 heterocycles. The van der Waals surface area contributed by atoms with E-state index in [4.69, 9.17) is 0 Å². The van der Waals surface area contributed by atoms with Crippen LogP contribution in [0.1, 0.15) is 45.4 Å². The van der Waals surface area contributed by atoms with Gasteiger partial charge in [-0.25, -0.2) is 9.59 Å². The molecule has 1 unspecified atom stereocenters. The topological polar surface area (TPSA) is 81.2 Å². The third kappa shape index (κ3) is 3.49. The van der Waals surface area contributed by atoms with Crippen LogP contribution < -0.4 is 0 Å². The number of amides is 3. The van der Waals surface area contributed by atoms with Gasteiger partial charge in [-0.15, -0.1) is 0 Å². The first kappa shape index (κ1) is 17.0. The SMILES string of the molecule is CC(C(=O)O)N(C(=O)C1CCN(C(=O)N2CCCC2)CC1)C1CC1. The van der Waals surface area contributed by atoms with Crippen LogP contribution in [-0.2, 0) is 9.59 Å². The van der Waals surface area contributed by atoms with Gasteiger partial charge in [0, 0.05) is 38.1 Å². The van der Waals surface area contributed by atoms with Crippen molar-refractivity contribution in [3.05, 3.63) is 0 Å². The Bertz CT molecular complexity index is 506. The summed E-state index contributed by atoms with van der Waals surface area (Å²) in [7, 11) is 0. The summed E-state index contributed by atoms with van der Waals surface area (Å²) in [4.78, 5) is 41.8. The summed E-state index contributed by atoms with van der Waals surface area (Å²) in [6, 6.07) is -0.585. The minimum Gasteiger partial charge on any atom is -0.480 e. The maximum absolute atomic E-state index is 12.8. The number of carbonyl (C=O) groups is 3. The van der Waals surface area contributed by atoms with Crippen molar-refractivity contribution in [2.24, 2.45) is 5.92 Å². The van der Waals surface area contributed by atoms with Gasteiger partial charge in [-0.05, 0) is 45.4 Å². The molecule has 1 aliphatic carbocycles. The van der Waals surface area contributed by atoms with Crippen molar-refractivity contribution in [1.82, 2.24) is 14.7 Å². The average molecular weight is 337 g/mol. The lowest BCUT2D eigenvalue weighted by molar-refractivity contribution is -0.152. The van der Waals surface area contributed by atoms with E-state index in [9.17, 15) is 19.5 Å². The van der Waals surface area contributed by atoms with E-state index in [1.165, 1.54) is 0 Å². The number of hydrogen-bond acceptors (Lipinski definition) is 3. The fourth-order valence-electron chi connectivity index (χ4n) is 3.80. The molecule has 7 nitrogen and oxygen atoms in total. The molecule has 2 saturated heterocycles. The molecular weight excluding hydrogens is 310 g/mol. The summed E-state index contributed by atoms with van der Waals surface area (Å²) < 4.78 is 0. The van der Waals surface area contributed by atoms with E-state index in [0.29, 0.717) is 25.9 Å². The van der Waals surface area contributed by atoms with E-state index in [1.54, 1.807) is 11.8 Å². The average Bonchev–Trinajstić information content (AvgIpc) is 3.26. The number of piperidine rings is 1. The highest BCUT2D eigenvalue weighted by molar-refractivity contribution is 5.85. The Kier molecular flexibility index (Phi) is 4.96. The number of rotatable bonds is 4. The number of carboxylic acid groups (broad SMARTS) is 1. The highest BCUT2D eigenvalue weighted by atomic mass is 16.4. The van der Waals surface area contributed by atoms with Crippen LogP contribution in [0.5, 0.6) is 0 Å². The number of carbonyl (C=O) groups excluding carboxylic acids is 2. The number of likely N-dealkylation sites (tertiary alicyclic amines) is 2. The van der Waals surface area contributed by atoms with Crippen LogP contribution in [0.3, 0.4) is 0 Å². The Morgan fingerprint density at radius 2 is 1.50 bits per heavy atom. The predicted molar refractivity (Wildman–Crippen MR) is 87.5 cm³/mol. The second-order valence-corrected chi connectivity index (χ2v) is 7.23. The predicted octanol–water partition coefficient (Wildman–Crippen LogP) is 1.38. The molecular formula is C17H27N3O4. The van der Waals surface area contributed by atoms with Crippen molar-refractivity contribution in [2.45, 2.75) is 57.5 Å². The third-order valence-electron chi connectivity index (χ3n) is 5.46. The van der Waals surface area contributed by atoms with Crippen LogP contribution in [0, 0.1) is 5.92 Å². The molecule has 3 aliphatic rings. The van der Waals surface area contributed by atoms with E-state index in [2.05, 4.69) is 0 Å². The molecule has 3 amide bonds. The minimum absolute atomic E-state index is 0.0410. The maximum Gasteiger partial charge on any atom is 0.326 e. The lowest BCUT2D eigenvalue weighted by Crippen LogP contribution is -2.51. The van der Waals surface area contributed by atoms with E-state index >= 15 is 0 Å². The van der Waals surface area contributed by atoms with Crippen molar-refractivity contribution in [1.29, 1.82) is 0 Å².